The normalized spacial score (nSPS) is 12.9. The van der Waals surface area contributed by atoms with Gasteiger partial charge in [-0.25, -0.2) is 0 Å². The van der Waals surface area contributed by atoms with Gasteiger partial charge in [0, 0.05) is 0 Å². The topological polar surface area (TPSA) is 52.0 Å². The fourth-order valence-electron chi connectivity index (χ4n) is 2.47. The molecule has 0 saturated heterocycles. The molecule has 0 heterocycles. The fraction of sp³-hybridized carbons (Fsp3) is 0.625. The molecule has 0 saturated carbocycles. The number of rotatable bonds is 8. The van der Waals surface area contributed by atoms with E-state index in [1.54, 1.807) is 0 Å². The Morgan fingerprint density at radius 2 is 1.61 bits per heavy atom. The van der Waals surface area contributed by atoms with E-state index in [1.807, 2.05) is 0 Å². The number of benzene rings is 1. The van der Waals surface area contributed by atoms with Crippen molar-refractivity contribution in [2.45, 2.75) is 45.4 Å². The second kappa shape index (κ2) is 8.28. The van der Waals surface area contributed by atoms with E-state index < -0.39 is 0 Å². The van der Waals surface area contributed by atoms with Gasteiger partial charge in [0.15, 0.2) is 0 Å². The molecule has 0 amide bonds. The molecule has 2 heteroatoms. The van der Waals surface area contributed by atoms with Gasteiger partial charge in [0.1, 0.15) is 0 Å². The summed E-state index contributed by atoms with van der Waals surface area (Å²) >= 11 is 0. The molecule has 0 aliphatic carbocycles. The minimum atomic E-state index is 0.449. The Morgan fingerprint density at radius 1 is 1.00 bits per heavy atom. The molecule has 0 fully saturated rings. The second-order valence-electron chi connectivity index (χ2n) is 5.17. The maximum atomic E-state index is 5.75. The van der Waals surface area contributed by atoms with Crippen molar-refractivity contribution in [1.29, 1.82) is 0 Å². The average Bonchev–Trinajstić information content (AvgIpc) is 2.42. The van der Waals surface area contributed by atoms with Gasteiger partial charge in [-0.3, -0.25) is 0 Å². The number of aryl methyl sites for hydroxylation is 1. The fourth-order valence-corrected chi connectivity index (χ4v) is 2.47. The molecule has 1 unspecified atom stereocenters. The van der Waals surface area contributed by atoms with Crippen molar-refractivity contribution in [3.8, 4) is 0 Å². The first kappa shape index (κ1) is 15.2. The third-order valence-electron chi connectivity index (χ3n) is 3.77. The molecule has 1 aromatic rings. The van der Waals surface area contributed by atoms with Gasteiger partial charge in [-0.05, 0) is 55.3 Å². The lowest BCUT2D eigenvalue weighted by molar-refractivity contribution is 0.442. The van der Waals surface area contributed by atoms with Crippen molar-refractivity contribution in [3.63, 3.8) is 0 Å². The van der Waals surface area contributed by atoms with Crippen molar-refractivity contribution in [1.82, 2.24) is 0 Å². The van der Waals surface area contributed by atoms with Crippen LogP contribution < -0.4 is 11.5 Å². The highest BCUT2D eigenvalue weighted by Gasteiger charge is 2.14. The van der Waals surface area contributed by atoms with Crippen LogP contribution in [0.2, 0.25) is 0 Å². The molecule has 0 spiro atoms. The van der Waals surface area contributed by atoms with Crippen molar-refractivity contribution in [2.75, 3.05) is 13.1 Å². The molecule has 0 radical (unpaired) electrons. The van der Waals surface area contributed by atoms with E-state index in [1.165, 1.54) is 24.0 Å². The third-order valence-corrected chi connectivity index (χ3v) is 3.77. The first-order valence-electron chi connectivity index (χ1n) is 7.24. The summed E-state index contributed by atoms with van der Waals surface area (Å²) in [6, 6.07) is 9.09. The molecular weight excluding hydrogens is 220 g/mol. The van der Waals surface area contributed by atoms with Gasteiger partial charge in [-0.1, -0.05) is 44.5 Å². The summed E-state index contributed by atoms with van der Waals surface area (Å²) in [5.41, 5.74) is 14.4. The molecule has 102 valence electrons. The Morgan fingerprint density at radius 3 is 2.06 bits per heavy atom. The average molecular weight is 248 g/mol. The van der Waals surface area contributed by atoms with Crippen molar-refractivity contribution >= 4 is 0 Å². The molecule has 1 rings (SSSR count). The minimum absolute atomic E-state index is 0.449. The van der Waals surface area contributed by atoms with E-state index in [0.29, 0.717) is 24.9 Å². The first-order chi connectivity index (χ1) is 8.74. The molecule has 0 aliphatic rings. The summed E-state index contributed by atoms with van der Waals surface area (Å²) in [6.45, 7) is 5.85. The van der Waals surface area contributed by atoms with Gasteiger partial charge in [-0.15, -0.1) is 0 Å². The van der Waals surface area contributed by atoms with Crippen LogP contribution in [0.3, 0.4) is 0 Å². The van der Waals surface area contributed by atoms with Crippen LogP contribution >= 0.6 is 0 Å². The van der Waals surface area contributed by atoms with Crippen molar-refractivity contribution in [2.24, 2.45) is 17.4 Å². The summed E-state index contributed by atoms with van der Waals surface area (Å²) in [7, 11) is 0. The second-order valence-corrected chi connectivity index (χ2v) is 5.17. The number of nitrogens with two attached hydrogens (primary N) is 2. The number of hydrogen-bond donors (Lipinski definition) is 2. The maximum absolute atomic E-state index is 5.75. The Hall–Kier alpha value is -0.860. The molecular formula is C16H28N2. The smallest absolute Gasteiger partial charge is 0.00366 e. The van der Waals surface area contributed by atoms with Crippen LogP contribution in [0.4, 0.5) is 0 Å². The zero-order valence-electron chi connectivity index (χ0n) is 11.9. The summed E-state index contributed by atoms with van der Waals surface area (Å²) in [5.74, 6) is 1.04. The van der Waals surface area contributed by atoms with Gasteiger partial charge in [0.25, 0.3) is 0 Å². The van der Waals surface area contributed by atoms with Gasteiger partial charge in [-0.2, -0.15) is 0 Å². The standard InChI is InChI=1S/C16H28N2/c1-3-5-13-6-8-16(9-7-13)15(4-2)10-14(11-17)12-18/h6-9,14-15H,3-5,10-12,17-18H2,1-2H3. The summed E-state index contributed by atoms with van der Waals surface area (Å²) < 4.78 is 0. The monoisotopic (exact) mass is 248 g/mol. The van der Waals surface area contributed by atoms with Crippen LogP contribution in [0.5, 0.6) is 0 Å². The molecule has 0 aliphatic heterocycles. The van der Waals surface area contributed by atoms with Crippen LogP contribution in [-0.4, -0.2) is 13.1 Å². The van der Waals surface area contributed by atoms with E-state index in [4.69, 9.17) is 11.5 Å². The van der Waals surface area contributed by atoms with Crippen LogP contribution in [0.25, 0.3) is 0 Å². The van der Waals surface area contributed by atoms with Crippen molar-refractivity contribution < 1.29 is 0 Å². The van der Waals surface area contributed by atoms with Gasteiger partial charge in [0.2, 0.25) is 0 Å². The quantitative estimate of drug-likeness (QED) is 0.743. The van der Waals surface area contributed by atoms with E-state index in [9.17, 15) is 0 Å². The molecule has 0 aromatic heterocycles. The van der Waals surface area contributed by atoms with Gasteiger partial charge < -0.3 is 11.5 Å². The predicted octanol–water partition coefficient (Wildman–Crippen LogP) is 3.06. The lowest BCUT2D eigenvalue weighted by Crippen LogP contribution is -2.25. The molecule has 0 bridgehead atoms. The molecule has 2 nitrogen and oxygen atoms in total. The Labute approximate surface area is 112 Å². The largest absolute Gasteiger partial charge is 0.330 e. The van der Waals surface area contributed by atoms with Crippen LogP contribution in [0.1, 0.15) is 50.2 Å². The van der Waals surface area contributed by atoms with Gasteiger partial charge >= 0.3 is 0 Å². The lowest BCUT2D eigenvalue weighted by Gasteiger charge is -2.21. The predicted molar refractivity (Wildman–Crippen MR) is 79.7 cm³/mol. The molecule has 18 heavy (non-hydrogen) atoms. The third kappa shape index (κ3) is 4.43. The molecule has 1 aromatic carbocycles. The van der Waals surface area contributed by atoms with E-state index in [2.05, 4.69) is 38.1 Å². The molecule has 1 atom stereocenters. The van der Waals surface area contributed by atoms with Crippen molar-refractivity contribution in [3.05, 3.63) is 35.4 Å². The zero-order valence-corrected chi connectivity index (χ0v) is 11.9. The summed E-state index contributed by atoms with van der Waals surface area (Å²) in [6.07, 6.45) is 4.64. The van der Waals surface area contributed by atoms with Crippen LogP contribution in [0, 0.1) is 5.92 Å². The van der Waals surface area contributed by atoms with Crippen LogP contribution in [-0.2, 0) is 6.42 Å². The van der Waals surface area contributed by atoms with E-state index in [-0.39, 0.29) is 0 Å². The highest BCUT2D eigenvalue weighted by atomic mass is 14.6. The summed E-state index contributed by atoms with van der Waals surface area (Å²) in [5, 5.41) is 0. The maximum Gasteiger partial charge on any atom is -0.00366 e. The Balaban J connectivity index is 2.69. The van der Waals surface area contributed by atoms with Gasteiger partial charge in [0.05, 0.1) is 0 Å². The lowest BCUT2D eigenvalue weighted by atomic mass is 9.86. The SMILES string of the molecule is CCCc1ccc(C(CC)CC(CN)CN)cc1. The minimum Gasteiger partial charge on any atom is -0.330 e. The first-order valence-corrected chi connectivity index (χ1v) is 7.24. The van der Waals surface area contributed by atoms with E-state index in [0.717, 1.165) is 12.8 Å². The highest BCUT2D eigenvalue weighted by Crippen LogP contribution is 2.27. The van der Waals surface area contributed by atoms with Crippen LogP contribution in [0.15, 0.2) is 24.3 Å². The number of hydrogen-bond acceptors (Lipinski definition) is 2. The summed E-state index contributed by atoms with van der Waals surface area (Å²) in [4.78, 5) is 0. The zero-order chi connectivity index (χ0) is 13.4. The highest BCUT2D eigenvalue weighted by molar-refractivity contribution is 5.25. The van der Waals surface area contributed by atoms with E-state index >= 15 is 0 Å². The molecule has 4 N–H and O–H groups in total. The Bertz CT molecular complexity index is 314. The Kier molecular flexibility index (Phi) is 6.99.